The molecule has 0 aliphatic carbocycles. The van der Waals surface area contributed by atoms with E-state index in [4.69, 9.17) is 0 Å². The third kappa shape index (κ3) is 3.20. The van der Waals surface area contributed by atoms with Crippen molar-refractivity contribution in [3.05, 3.63) is 82.8 Å². The van der Waals surface area contributed by atoms with E-state index in [-0.39, 0.29) is 5.56 Å². The van der Waals surface area contributed by atoms with E-state index in [1.54, 1.807) is 6.07 Å². The number of β-amino-alcohol motifs (C(OH)–C–C–N with tert-alkyl or cyclic N) is 1. The molecule has 1 saturated heterocycles. The number of likely N-dealkylation sites (tertiary alicyclic amines) is 1. The van der Waals surface area contributed by atoms with E-state index in [2.05, 4.69) is 64.1 Å². The molecule has 2 aromatic heterocycles. The quantitative estimate of drug-likeness (QED) is 0.558. The highest BCUT2D eigenvalue weighted by Gasteiger charge is 2.35. The molecule has 1 N–H and O–H groups in total. The SMILES string of the molecule is O=c1cccc2n1C[C@@H]1C[C@@H]2CN(C[C@@H](O)Cn2c3ccccc3c3ccccc32)C1. The van der Waals surface area contributed by atoms with Crippen LogP contribution >= 0.6 is 0 Å². The van der Waals surface area contributed by atoms with Crippen molar-refractivity contribution in [3.63, 3.8) is 0 Å². The number of aromatic nitrogens is 2. The maximum atomic E-state index is 12.3. The molecule has 5 heteroatoms. The number of aliphatic hydroxyl groups is 1. The Morgan fingerprint density at radius 2 is 1.55 bits per heavy atom. The van der Waals surface area contributed by atoms with Crippen LogP contribution in [0.25, 0.3) is 21.8 Å². The molecule has 0 saturated carbocycles. The van der Waals surface area contributed by atoms with Gasteiger partial charge >= 0.3 is 0 Å². The molecule has 2 aromatic carbocycles. The van der Waals surface area contributed by atoms with E-state index in [1.807, 2.05) is 10.6 Å². The molecule has 2 aliphatic heterocycles. The van der Waals surface area contributed by atoms with Crippen LogP contribution in [0.3, 0.4) is 0 Å². The fourth-order valence-electron chi connectivity index (χ4n) is 5.91. The van der Waals surface area contributed by atoms with E-state index >= 15 is 0 Å². The number of para-hydroxylation sites is 2. The number of piperidine rings is 1. The third-order valence-electron chi connectivity index (χ3n) is 7.10. The van der Waals surface area contributed by atoms with Crippen LogP contribution in [-0.4, -0.2) is 44.9 Å². The molecule has 6 rings (SSSR count). The minimum atomic E-state index is -0.448. The summed E-state index contributed by atoms with van der Waals surface area (Å²) in [5, 5.41) is 13.5. The molecule has 5 nitrogen and oxygen atoms in total. The van der Waals surface area contributed by atoms with Gasteiger partial charge in [-0.3, -0.25) is 9.69 Å². The van der Waals surface area contributed by atoms with Gasteiger partial charge in [0.2, 0.25) is 0 Å². The molecule has 0 unspecified atom stereocenters. The monoisotopic (exact) mass is 413 g/mol. The first-order valence-corrected chi connectivity index (χ1v) is 11.2. The van der Waals surface area contributed by atoms with Crippen molar-refractivity contribution in [2.75, 3.05) is 19.6 Å². The van der Waals surface area contributed by atoms with Gasteiger partial charge in [-0.2, -0.15) is 0 Å². The van der Waals surface area contributed by atoms with E-state index in [1.165, 1.54) is 21.8 Å². The Morgan fingerprint density at radius 1 is 0.839 bits per heavy atom. The standard InChI is InChI=1S/C26H27N3O2/c30-20(17-28-24-8-3-1-6-21(24)22-7-2-4-9-25(22)28)16-27-13-18-12-19(15-27)23-10-5-11-26(31)29(23)14-18/h1-11,18-20,30H,12-17H2/t18-,19-,20-/m1/s1. The first-order valence-electron chi connectivity index (χ1n) is 11.2. The molecule has 2 aliphatic rings. The Hall–Kier alpha value is -2.89. The van der Waals surface area contributed by atoms with E-state index in [0.717, 1.165) is 31.7 Å². The molecule has 1 fully saturated rings. The second-order valence-corrected chi connectivity index (χ2v) is 9.22. The molecular formula is C26H27N3O2. The van der Waals surface area contributed by atoms with Crippen molar-refractivity contribution in [3.8, 4) is 0 Å². The lowest BCUT2D eigenvalue weighted by Gasteiger charge is -2.43. The largest absolute Gasteiger partial charge is 0.390 e. The van der Waals surface area contributed by atoms with Gasteiger partial charge in [-0.15, -0.1) is 0 Å². The lowest BCUT2D eigenvalue weighted by molar-refractivity contribution is 0.0558. The predicted octanol–water partition coefficient (Wildman–Crippen LogP) is 3.44. The normalized spacial score (nSPS) is 22.0. The van der Waals surface area contributed by atoms with Gasteiger partial charge in [-0.25, -0.2) is 0 Å². The average molecular weight is 414 g/mol. The van der Waals surface area contributed by atoms with Gasteiger partial charge in [0.25, 0.3) is 5.56 Å². The summed E-state index contributed by atoms with van der Waals surface area (Å²) in [6.07, 6.45) is 0.694. The first-order chi connectivity index (χ1) is 15.2. The molecule has 0 amide bonds. The fraction of sp³-hybridized carbons (Fsp3) is 0.346. The van der Waals surface area contributed by atoms with E-state index < -0.39 is 6.10 Å². The fourth-order valence-corrected chi connectivity index (χ4v) is 5.91. The average Bonchev–Trinajstić information content (AvgIpc) is 3.08. The van der Waals surface area contributed by atoms with Crippen molar-refractivity contribution in [2.45, 2.75) is 31.5 Å². The lowest BCUT2D eigenvalue weighted by atomic mass is 9.83. The Balaban J connectivity index is 1.24. The van der Waals surface area contributed by atoms with Crippen LogP contribution in [0, 0.1) is 5.92 Å². The number of hydrogen-bond donors (Lipinski definition) is 1. The highest BCUT2D eigenvalue weighted by Crippen LogP contribution is 2.35. The predicted molar refractivity (Wildman–Crippen MR) is 123 cm³/mol. The summed E-state index contributed by atoms with van der Waals surface area (Å²) in [6, 6.07) is 22.5. The first kappa shape index (κ1) is 18.8. The van der Waals surface area contributed by atoms with Crippen LogP contribution < -0.4 is 5.56 Å². The smallest absolute Gasteiger partial charge is 0.250 e. The third-order valence-corrected chi connectivity index (χ3v) is 7.10. The van der Waals surface area contributed by atoms with Gasteiger partial charge < -0.3 is 14.2 Å². The van der Waals surface area contributed by atoms with E-state index in [0.29, 0.717) is 24.9 Å². The van der Waals surface area contributed by atoms with Gasteiger partial charge in [-0.05, 0) is 30.5 Å². The summed E-state index contributed by atoms with van der Waals surface area (Å²) in [4.78, 5) is 14.7. The minimum absolute atomic E-state index is 0.118. The van der Waals surface area contributed by atoms with Crippen LogP contribution in [0.5, 0.6) is 0 Å². The Kier molecular flexibility index (Phi) is 4.47. The van der Waals surface area contributed by atoms with Crippen molar-refractivity contribution in [1.29, 1.82) is 0 Å². The maximum Gasteiger partial charge on any atom is 0.250 e. The number of fused-ring (bicyclic) bond motifs is 7. The molecule has 3 atom stereocenters. The topological polar surface area (TPSA) is 50.4 Å². The van der Waals surface area contributed by atoms with Crippen molar-refractivity contribution >= 4 is 21.8 Å². The molecular weight excluding hydrogens is 386 g/mol. The molecule has 158 valence electrons. The zero-order valence-corrected chi connectivity index (χ0v) is 17.5. The van der Waals surface area contributed by atoms with Crippen molar-refractivity contribution in [2.24, 2.45) is 5.92 Å². The van der Waals surface area contributed by atoms with Crippen LogP contribution in [0.15, 0.2) is 71.5 Å². The van der Waals surface area contributed by atoms with Crippen molar-refractivity contribution < 1.29 is 5.11 Å². The highest BCUT2D eigenvalue weighted by atomic mass is 16.3. The maximum absolute atomic E-state index is 12.3. The number of rotatable bonds is 4. The second-order valence-electron chi connectivity index (χ2n) is 9.22. The van der Waals surface area contributed by atoms with Crippen molar-refractivity contribution in [1.82, 2.24) is 14.0 Å². The summed E-state index contributed by atoms with van der Waals surface area (Å²) in [7, 11) is 0. The Labute approximate surface area is 181 Å². The Bertz CT molecular complexity index is 1270. The van der Waals surface area contributed by atoms with Gasteiger partial charge in [0.15, 0.2) is 0 Å². The summed E-state index contributed by atoms with van der Waals surface area (Å²) in [6.45, 7) is 3.89. The number of pyridine rings is 1. The molecule has 31 heavy (non-hydrogen) atoms. The molecule has 0 spiro atoms. The molecule has 4 aromatic rings. The number of aliphatic hydroxyl groups excluding tert-OH is 1. The number of benzene rings is 2. The van der Waals surface area contributed by atoms with Gasteiger partial charge in [-0.1, -0.05) is 42.5 Å². The van der Waals surface area contributed by atoms with E-state index in [9.17, 15) is 9.90 Å². The summed E-state index contributed by atoms with van der Waals surface area (Å²) in [5.74, 6) is 0.855. The summed E-state index contributed by atoms with van der Waals surface area (Å²) < 4.78 is 4.22. The van der Waals surface area contributed by atoms with Gasteiger partial charge in [0, 0.05) is 65.7 Å². The zero-order valence-electron chi connectivity index (χ0n) is 17.5. The molecule has 2 bridgehead atoms. The molecule has 0 radical (unpaired) electrons. The summed E-state index contributed by atoms with van der Waals surface area (Å²) >= 11 is 0. The van der Waals surface area contributed by atoms with Crippen LogP contribution in [0.4, 0.5) is 0 Å². The number of nitrogens with zero attached hydrogens (tertiary/aromatic N) is 3. The van der Waals surface area contributed by atoms with Gasteiger partial charge in [0.1, 0.15) is 0 Å². The van der Waals surface area contributed by atoms with Crippen LogP contribution in [0.2, 0.25) is 0 Å². The Morgan fingerprint density at radius 3 is 2.29 bits per heavy atom. The number of hydrogen-bond acceptors (Lipinski definition) is 3. The lowest BCUT2D eigenvalue weighted by Crippen LogP contribution is -2.49. The minimum Gasteiger partial charge on any atom is -0.390 e. The van der Waals surface area contributed by atoms with Crippen LogP contribution in [0.1, 0.15) is 18.0 Å². The zero-order chi connectivity index (χ0) is 20.9. The highest BCUT2D eigenvalue weighted by molar-refractivity contribution is 6.07. The van der Waals surface area contributed by atoms with Crippen LogP contribution in [-0.2, 0) is 13.1 Å². The molecule has 4 heterocycles. The van der Waals surface area contributed by atoms with Gasteiger partial charge in [0.05, 0.1) is 12.6 Å². The second kappa shape index (κ2) is 7.36. The summed E-state index contributed by atoms with van der Waals surface area (Å²) in [5.41, 5.74) is 3.62.